The number of piperazine rings is 1. The fourth-order valence-corrected chi connectivity index (χ4v) is 3.40. The molecule has 0 aromatic carbocycles. The molecule has 1 aromatic heterocycles. The van der Waals surface area contributed by atoms with Crippen molar-refractivity contribution in [2.45, 2.75) is 19.4 Å². The minimum Gasteiger partial charge on any atom is -0.465 e. The lowest BCUT2D eigenvalue weighted by Gasteiger charge is -2.37. The molecule has 2 rings (SSSR count). The van der Waals surface area contributed by atoms with Crippen LogP contribution in [0.4, 0.5) is 0 Å². The molecule has 1 saturated heterocycles. The van der Waals surface area contributed by atoms with Crippen LogP contribution in [0.5, 0.6) is 0 Å². The Balaban J connectivity index is 2.08. The molecule has 1 atom stereocenters. The zero-order chi connectivity index (χ0) is 14.0. The molecular formula is C13H21N3O2S. The van der Waals surface area contributed by atoms with Gasteiger partial charge in [0.15, 0.2) is 0 Å². The molecule has 0 radical (unpaired) electrons. The summed E-state index contributed by atoms with van der Waals surface area (Å²) in [5.74, 6) is -0.282. The van der Waals surface area contributed by atoms with Crippen molar-refractivity contribution < 1.29 is 9.53 Å². The highest BCUT2D eigenvalue weighted by atomic mass is 32.1. The molecule has 2 heterocycles. The first-order valence-corrected chi connectivity index (χ1v) is 7.26. The molecule has 6 heteroatoms. The highest BCUT2D eigenvalue weighted by Crippen LogP contribution is 2.22. The normalized spacial score (nSPS) is 21.6. The molecule has 0 saturated carbocycles. The van der Waals surface area contributed by atoms with Gasteiger partial charge >= 0.3 is 5.97 Å². The van der Waals surface area contributed by atoms with Crippen LogP contribution < -0.4 is 0 Å². The number of ether oxygens (including phenoxy) is 1. The fourth-order valence-electron chi connectivity index (χ4n) is 2.35. The number of thiazole rings is 1. The van der Waals surface area contributed by atoms with E-state index in [1.807, 2.05) is 6.92 Å². The smallest absolute Gasteiger partial charge is 0.349 e. The van der Waals surface area contributed by atoms with Crippen LogP contribution in [-0.2, 0) is 11.2 Å². The van der Waals surface area contributed by atoms with Crippen LogP contribution in [0.1, 0.15) is 20.4 Å². The maximum Gasteiger partial charge on any atom is 0.349 e. The minimum atomic E-state index is -0.282. The molecule has 1 aromatic rings. The molecule has 0 bridgehead atoms. The lowest BCUT2D eigenvalue weighted by molar-refractivity contribution is 0.0605. The first-order valence-electron chi connectivity index (χ1n) is 6.44. The Bertz CT molecular complexity index is 461. The Morgan fingerprint density at radius 3 is 2.89 bits per heavy atom. The third kappa shape index (κ3) is 3.32. The maximum atomic E-state index is 11.6. The highest BCUT2D eigenvalue weighted by Gasteiger charge is 2.24. The van der Waals surface area contributed by atoms with Gasteiger partial charge in [0.05, 0.1) is 17.8 Å². The quantitative estimate of drug-likeness (QED) is 0.775. The van der Waals surface area contributed by atoms with Gasteiger partial charge in [0.25, 0.3) is 0 Å². The lowest BCUT2D eigenvalue weighted by Crippen LogP contribution is -2.50. The summed E-state index contributed by atoms with van der Waals surface area (Å²) in [6, 6.07) is 0.467. The summed E-state index contributed by atoms with van der Waals surface area (Å²) in [6.45, 7) is 5.10. The summed E-state index contributed by atoms with van der Waals surface area (Å²) in [6.07, 6.45) is 0.892. The molecular weight excluding hydrogens is 262 g/mol. The number of esters is 1. The Morgan fingerprint density at radius 2 is 2.21 bits per heavy atom. The van der Waals surface area contributed by atoms with Crippen LogP contribution in [0.3, 0.4) is 0 Å². The van der Waals surface area contributed by atoms with E-state index in [1.165, 1.54) is 18.4 Å². The Labute approximate surface area is 118 Å². The van der Waals surface area contributed by atoms with Gasteiger partial charge in [-0.15, -0.1) is 11.3 Å². The molecule has 1 fully saturated rings. The number of likely N-dealkylation sites (N-methyl/N-ethyl adjacent to an activating group) is 2. The van der Waals surface area contributed by atoms with Gasteiger partial charge in [-0.05, 0) is 21.0 Å². The average molecular weight is 283 g/mol. The molecule has 1 aliphatic rings. The van der Waals surface area contributed by atoms with E-state index in [-0.39, 0.29) is 5.97 Å². The number of rotatable bonds is 3. The summed E-state index contributed by atoms with van der Waals surface area (Å²) in [4.78, 5) is 21.4. The number of aromatic nitrogens is 1. The second-order valence-electron chi connectivity index (χ2n) is 5.11. The fraction of sp³-hybridized carbons (Fsp3) is 0.692. The summed E-state index contributed by atoms with van der Waals surface area (Å²) in [5.41, 5.74) is 0.777. The maximum absolute atomic E-state index is 11.6. The Morgan fingerprint density at radius 1 is 1.47 bits per heavy atom. The van der Waals surface area contributed by atoms with E-state index in [2.05, 4.69) is 28.9 Å². The number of aryl methyl sites for hydroxylation is 1. The predicted molar refractivity (Wildman–Crippen MR) is 75.8 cm³/mol. The molecule has 0 amide bonds. The van der Waals surface area contributed by atoms with Gasteiger partial charge in [-0.2, -0.15) is 0 Å². The third-order valence-corrected chi connectivity index (χ3v) is 4.76. The summed E-state index contributed by atoms with van der Waals surface area (Å²) in [7, 11) is 5.71. The highest BCUT2D eigenvalue weighted by molar-refractivity contribution is 7.13. The van der Waals surface area contributed by atoms with E-state index in [4.69, 9.17) is 4.74 Å². The van der Waals surface area contributed by atoms with Crippen molar-refractivity contribution in [2.75, 3.05) is 40.8 Å². The minimum absolute atomic E-state index is 0.282. The number of hydrogen-bond donors (Lipinski definition) is 0. The van der Waals surface area contributed by atoms with Gasteiger partial charge in [0.2, 0.25) is 0 Å². The molecule has 19 heavy (non-hydrogen) atoms. The van der Waals surface area contributed by atoms with E-state index < -0.39 is 0 Å². The van der Waals surface area contributed by atoms with E-state index in [1.54, 1.807) is 0 Å². The third-order valence-electron chi connectivity index (χ3n) is 3.60. The van der Waals surface area contributed by atoms with E-state index in [0.717, 1.165) is 36.8 Å². The lowest BCUT2D eigenvalue weighted by atomic mass is 10.1. The van der Waals surface area contributed by atoms with Crippen LogP contribution in [0.2, 0.25) is 0 Å². The molecule has 0 aliphatic carbocycles. The van der Waals surface area contributed by atoms with Crippen LogP contribution in [0, 0.1) is 6.92 Å². The van der Waals surface area contributed by atoms with Gasteiger partial charge in [-0.1, -0.05) is 0 Å². The Kier molecular flexibility index (Phi) is 4.54. The van der Waals surface area contributed by atoms with Crippen LogP contribution in [0.25, 0.3) is 0 Å². The van der Waals surface area contributed by atoms with E-state index >= 15 is 0 Å². The molecule has 0 spiro atoms. The van der Waals surface area contributed by atoms with Gasteiger partial charge in [-0.3, -0.25) is 0 Å². The van der Waals surface area contributed by atoms with Crippen molar-refractivity contribution in [1.29, 1.82) is 0 Å². The Hall–Kier alpha value is -0.980. The summed E-state index contributed by atoms with van der Waals surface area (Å²) >= 11 is 1.46. The van der Waals surface area contributed by atoms with Gasteiger partial charge in [0, 0.05) is 32.1 Å². The second-order valence-corrected chi connectivity index (χ2v) is 6.20. The molecule has 1 aliphatic heterocycles. The van der Waals surface area contributed by atoms with Gasteiger partial charge in [0.1, 0.15) is 4.88 Å². The number of carbonyl (C=O) groups excluding carboxylic acids is 1. The van der Waals surface area contributed by atoms with Crippen LogP contribution in [0.15, 0.2) is 0 Å². The first-order chi connectivity index (χ1) is 9.01. The van der Waals surface area contributed by atoms with Crippen molar-refractivity contribution in [2.24, 2.45) is 0 Å². The van der Waals surface area contributed by atoms with E-state index in [0.29, 0.717) is 10.9 Å². The largest absolute Gasteiger partial charge is 0.465 e. The molecule has 0 N–H and O–H groups in total. The molecule has 1 unspecified atom stereocenters. The van der Waals surface area contributed by atoms with Crippen molar-refractivity contribution >= 4 is 17.3 Å². The number of methoxy groups -OCH3 is 1. The topological polar surface area (TPSA) is 45.7 Å². The van der Waals surface area contributed by atoms with Crippen molar-refractivity contribution in [3.8, 4) is 0 Å². The summed E-state index contributed by atoms with van der Waals surface area (Å²) < 4.78 is 4.77. The van der Waals surface area contributed by atoms with Crippen molar-refractivity contribution in [3.63, 3.8) is 0 Å². The average Bonchev–Trinajstić information content (AvgIpc) is 2.74. The predicted octanol–water partition coefficient (Wildman–Crippen LogP) is 1.03. The monoisotopic (exact) mass is 283 g/mol. The zero-order valence-electron chi connectivity index (χ0n) is 12.0. The SMILES string of the molecule is COC(=O)c1sc(CC2CN(C)CCN2C)nc1C. The van der Waals surface area contributed by atoms with Gasteiger partial charge in [-0.25, -0.2) is 9.78 Å². The number of carbonyl (C=O) groups is 1. The molecule has 106 valence electrons. The number of nitrogens with zero attached hydrogens (tertiary/aromatic N) is 3. The number of hydrogen-bond acceptors (Lipinski definition) is 6. The van der Waals surface area contributed by atoms with E-state index in [9.17, 15) is 4.79 Å². The van der Waals surface area contributed by atoms with Gasteiger partial charge < -0.3 is 14.5 Å². The van der Waals surface area contributed by atoms with Crippen molar-refractivity contribution in [1.82, 2.24) is 14.8 Å². The summed E-state index contributed by atoms with van der Waals surface area (Å²) in [5, 5.41) is 1.02. The van der Waals surface area contributed by atoms with Crippen LogP contribution >= 0.6 is 11.3 Å². The molecule has 5 nitrogen and oxygen atoms in total. The van der Waals surface area contributed by atoms with Crippen LogP contribution in [-0.4, -0.2) is 67.6 Å². The zero-order valence-corrected chi connectivity index (χ0v) is 12.8. The first kappa shape index (κ1) is 14.4. The second kappa shape index (κ2) is 5.98. The van der Waals surface area contributed by atoms with Crippen molar-refractivity contribution in [3.05, 3.63) is 15.6 Å². The standard InChI is InChI=1S/C13H21N3O2S/c1-9-12(13(17)18-4)19-11(14-9)7-10-8-15(2)5-6-16(10)3/h10H,5-8H2,1-4H3.